The Morgan fingerprint density at radius 1 is 1.21 bits per heavy atom. The molecule has 2 aromatic heterocycles. The molecule has 0 aromatic carbocycles. The second-order valence-electron chi connectivity index (χ2n) is 6.76. The molecule has 1 aliphatic rings. The van der Waals surface area contributed by atoms with Crippen molar-refractivity contribution in [1.82, 2.24) is 15.3 Å². The van der Waals surface area contributed by atoms with E-state index in [1.807, 2.05) is 0 Å². The molecule has 6 nitrogen and oxygen atoms in total. The zero-order valence-electron chi connectivity index (χ0n) is 15.1. The highest BCUT2D eigenvalue weighted by Gasteiger charge is 2.28. The molecule has 2 atom stereocenters. The molecule has 148 valence electrons. The quantitative estimate of drug-likeness (QED) is 0.719. The molecule has 1 aliphatic carbocycles. The van der Waals surface area contributed by atoms with Crippen molar-refractivity contribution in [2.75, 3.05) is 5.32 Å². The number of hydrogen-bond donors (Lipinski definition) is 2. The van der Waals surface area contributed by atoms with Crippen LogP contribution in [0.2, 0.25) is 10.2 Å². The van der Waals surface area contributed by atoms with Gasteiger partial charge in [0.2, 0.25) is 11.8 Å². The highest BCUT2D eigenvalue weighted by Crippen LogP contribution is 2.34. The number of nitrogens with one attached hydrogen (secondary N) is 2. The largest absolute Gasteiger partial charge is 0.354 e. The summed E-state index contributed by atoms with van der Waals surface area (Å²) < 4.78 is 14.3. The van der Waals surface area contributed by atoms with E-state index in [0.717, 1.165) is 25.5 Å². The van der Waals surface area contributed by atoms with E-state index < -0.39 is 5.82 Å². The third-order valence-electron chi connectivity index (χ3n) is 4.70. The monoisotopic (exact) mass is 424 g/mol. The Morgan fingerprint density at radius 2 is 2.00 bits per heavy atom. The lowest BCUT2D eigenvalue weighted by molar-refractivity contribution is -0.123. The minimum Gasteiger partial charge on any atom is -0.354 e. The molecule has 3 rings (SSSR count). The van der Waals surface area contributed by atoms with Crippen LogP contribution in [0.5, 0.6) is 0 Å². The van der Waals surface area contributed by atoms with Crippen LogP contribution in [-0.2, 0) is 9.59 Å². The number of amides is 2. The fourth-order valence-corrected chi connectivity index (χ4v) is 3.79. The Balaban J connectivity index is 1.77. The van der Waals surface area contributed by atoms with E-state index >= 15 is 0 Å². The molecule has 2 heterocycles. The molecule has 0 saturated heterocycles. The summed E-state index contributed by atoms with van der Waals surface area (Å²) in [5.74, 6) is -0.944. The number of halogens is 3. The van der Waals surface area contributed by atoms with E-state index in [1.165, 1.54) is 25.3 Å². The van der Waals surface area contributed by atoms with Crippen molar-refractivity contribution in [1.29, 1.82) is 0 Å². The van der Waals surface area contributed by atoms with Gasteiger partial charge in [0.05, 0.1) is 11.2 Å². The highest BCUT2D eigenvalue weighted by molar-refractivity contribution is 6.43. The number of aromatic nitrogens is 2. The smallest absolute Gasteiger partial charge is 0.228 e. The number of pyridine rings is 2. The molecule has 2 aromatic rings. The third kappa shape index (κ3) is 4.77. The second kappa shape index (κ2) is 8.84. The van der Waals surface area contributed by atoms with Gasteiger partial charge in [-0.2, -0.15) is 0 Å². The summed E-state index contributed by atoms with van der Waals surface area (Å²) in [5.41, 5.74) is 0.528. The number of carbonyl (C=O) groups excluding carboxylic acids is 2. The van der Waals surface area contributed by atoms with E-state index in [2.05, 4.69) is 20.6 Å². The van der Waals surface area contributed by atoms with Crippen LogP contribution in [-0.4, -0.2) is 27.8 Å². The molecule has 2 amide bonds. The fourth-order valence-electron chi connectivity index (χ4n) is 3.41. The van der Waals surface area contributed by atoms with Gasteiger partial charge in [-0.3, -0.25) is 9.59 Å². The Kier molecular flexibility index (Phi) is 6.46. The van der Waals surface area contributed by atoms with Crippen LogP contribution in [0.25, 0.3) is 11.1 Å². The topological polar surface area (TPSA) is 84.0 Å². The van der Waals surface area contributed by atoms with Crippen molar-refractivity contribution in [3.8, 4) is 11.1 Å². The molecule has 0 unspecified atom stereocenters. The standard InChI is InChI=1S/C19H19Cl2FN4O2/c1-10(27)25-12-4-2-3-11(7-12)19(28)26-16-8-14(15(22)9-24-16)13-5-6-23-18(21)17(13)20/h5-6,8-9,11-12H,2-4,7H2,1H3,(H,25,27)(H,24,26,28)/t11-,12+/m0/s1. The summed E-state index contributed by atoms with van der Waals surface area (Å²) in [6, 6.07) is 2.94. The lowest BCUT2D eigenvalue weighted by Gasteiger charge is -2.28. The molecular weight excluding hydrogens is 406 g/mol. The summed E-state index contributed by atoms with van der Waals surface area (Å²) in [6.07, 6.45) is 5.43. The van der Waals surface area contributed by atoms with Crippen molar-refractivity contribution in [2.45, 2.75) is 38.6 Å². The van der Waals surface area contributed by atoms with Crippen LogP contribution in [0.4, 0.5) is 10.2 Å². The maximum atomic E-state index is 14.3. The third-order valence-corrected chi connectivity index (χ3v) is 5.46. The number of carbonyl (C=O) groups is 2. The van der Waals surface area contributed by atoms with Gasteiger partial charge in [-0.1, -0.05) is 29.6 Å². The first kappa shape index (κ1) is 20.5. The Morgan fingerprint density at radius 3 is 2.75 bits per heavy atom. The average molecular weight is 425 g/mol. The maximum absolute atomic E-state index is 14.3. The fraction of sp³-hybridized carbons (Fsp3) is 0.368. The van der Waals surface area contributed by atoms with E-state index in [4.69, 9.17) is 23.2 Å². The van der Waals surface area contributed by atoms with Gasteiger partial charge < -0.3 is 10.6 Å². The Labute approximate surface area is 171 Å². The van der Waals surface area contributed by atoms with Crippen LogP contribution in [0.1, 0.15) is 32.6 Å². The van der Waals surface area contributed by atoms with Gasteiger partial charge in [0.25, 0.3) is 0 Å². The van der Waals surface area contributed by atoms with Gasteiger partial charge in [-0.15, -0.1) is 0 Å². The van der Waals surface area contributed by atoms with Gasteiger partial charge in [0.15, 0.2) is 0 Å². The van der Waals surface area contributed by atoms with Crippen LogP contribution in [0.3, 0.4) is 0 Å². The Bertz CT molecular complexity index is 909. The molecule has 1 fully saturated rings. The molecule has 28 heavy (non-hydrogen) atoms. The summed E-state index contributed by atoms with van der Waals surface area (Å²) in [4.78, 5) is 31.7. The van der Waals surface area contributed by atoms with Crippen molar-refractivity contribution in [3.63, 3.8) is 0 Å². The highest BCUT2D eigenvalue weighted by atomic mass is 35.5. The zero-order chi connectivity index (χ0) is 20.3. The number of anilines is 1. The molecule has 0 spiro atoms. The van der Waals surface area contributed by atoms with Crippen molar-refractivity contribution >= 4 is 40.8 Å². The summed E-state index contributed by atoms with van der Waals surface area (Å²) in [7, 11) is 0. The van der Waals surface area contributed by atoms with E-state index in [9.17, 15) is 14.0 Å². The second-order valence-corrected chi connectivity index (χ2v) is 7.50. The molecule has 9 heteroatoms. The average Bonchev–Trinajstić information content (AvgIpc) is 2.65. The van der Waals surface area contributed by atoms with Gasteiger partial charge in [0, 0.05) is 36.2 Å². The molecule has 0 bridgehead atoms. The van der Waals surface area contributed by atoms with Crippen molar-refractivity contribution in [2.24, 2.45) is 5.92 Å². The van der Waals surface area contributed by atoms with Crippen molar-refractivity contribution in [3.05, 3.63) is 40.5 Å². The van der Waals surface area contributed by atoms with Gasteiger partial charge in [-0.05, 0) is 31.4 Å². The predicted molar refractivity (Wildman–Crippen MR) is 106 cm³/mol. The van der Waals surface area contributed by atoms with Crippen LogP contribution in [0, 0.1) is 11.7 Å². The van der Waals surface area contributed by atoms with E-state index in [-0.39, 0.29) is 45.3 Å². The van der Waals surface area contributed by atoms with Crippen LogP contribution < -0.4 is 10.6 Å². The zero-order valence-corrected chi connectivity index (χ0v) is 16.6. The molecule has 2 N–H and O–H groups in total. The number of rotatable bonds is 4. The molecule has 1 saturated carbocycles. The molecular formula is C19H19Cl2FN4O2. The van der Waals surface area contributed by atoms with Crippen LogP contribution >= 0.6 is 23.2 Å². The Hall–Kier alpha value is -2.25. The lowest BCUT2D eigenvalue weighted by Crippen LogP contribution is -2.40. The van der Waals surface area contributed by atoms with E-state index in [0.29, 0.717) is 12.0 Å². The first-order chi connectivity index (χ1) is 13.3. The van der Waals surface area contributed by atoms with Gasteiger partial charge in [0.1, 0.15) is 16.8 Å². The van der Waals surface area contributed by atoms with Crippen molar-refractivity contribution < 1.29 is 14.0 Å². The predicted octanol–water partition coefficient (Wildman–Crippen LogP) is 4.22. The summed E-state index contributed by atoms with van der Waals surface area (Å²) >= 11 is 12.0. The minimum absolute atomic E-state index is 0.0171. The first-order valence-corrected chi connectivity index (χ1v) is 9.64. The SMILES string of the molecule is CC(=O)N[C@@H]1CCC[C@H](C(=O)Nc2cc(-c3ccnc(Cl)c3Cl)c(F)cn2)C1. The number of nitrogens with zero attached hydrogens (tertiary/aromatic N) is 2. The minimum atomic E-state index is -0.592. The maximum Gasteiger partial charge on any atom is 0.228 e. The summed E-state index contributed by atoms with van der Waals surface area (Å²) in [6.45, 7) is 1.46. The molecule has 0 aliphatic heterocycles. The van der Waals surface area contributed by atoms with Gasteiger partial charge in [-0.25, -0.2) is 14.4 Å². The lowest BCUT2D eigenvalue weighted by atomic mass is 9.85. The summed E-state index contributed by atoms with van der Waals surface area (Å²) in [5, 5.41) is 5.78. The van der Waals surface area contributed by atoms with Gasteiger partial charge >= 0.3 is 0 Å². The number of hydrogen-bond acceptors (Lipinski definition) is 4. The van der Waals surface area contributed by atoms with E-state index in [1.54, 1.807) is 0 Å². The normalized spacial score (nSPS) is 19.1. The molecule has 0 radical (unpaired) electrons. The first-order valence-electron chi connectivity index (χ1n) is 8.89. The van der Waals surface area contributed by atoms with Crippen LogP contribution in [0.15, 0.2) is 24.5 Å².